The van der Waals surface area contributed by atoms with Crippen molar-refractivity contribution in [3.05, 3.63) is 59.2 Å². The Kier molecular flexibility index (Phi) is 5.99. The monoisotopic (exact) mass is 415 g/mol. The van der Waals surface area contributed by atoms with Crippen molar-refractivity contribution in [1.82, 2.24) is 10.3 Å². The molecular formula is C20H22FN5S2. The second kappa shape index (κ2) is 8.81. The molecular weight excluding hydrogens is 393 g/mol. The van der Waals surface area contributed by atoms with E-state index in [0.717, 1.165) is 47.3 Å². The highest BCUT2D eigenvalue weighted by molar-refractivity contribution is 8.00. The van der Waals surface area contributed by atoms with E-state index in [1.54, 1.807) is 22.9 Å². The third-order valence-electron chi connectivity index (χ3n) is 4.74. The summed E-state index contributed by atoms with van der Waals surface area (Å²) < 4.78 is 17.1. The zero-order valence-electron chi connectivity index (χ0n) is 15.5. The van der Waals surface area contributed by atoms with E-state index in [1.807, 2.05) is 42.8 Å². The SMILES string of the molecule is CNC1CCN(c2cc(F)ccc2Nc2ccc(SNc3cscn3)cc2)C1. The zero-order valence-corrected chi connectivity index (χ0v) is 17.1. The standard InChI is InChI=1S/C20H22FN5S2/c1-22-16-8-9-26(11-16)19-10-14(21)2-7-18(19)24-15-3-5-17(6-4-15)28-25-20-12-27-13-23-20/h2-7,10,12-13,16,22,24-25H,8-9,11H2,1H3. The van der Waals surface area contributed by atoms with Crippen LogP contribution in [0.1, 0.15) is 6.42 Å². The van der Waals surface area contributed by atoms with Gasteiger partial charge in [-0.05, 0) is 67.9 Å². The van der Waals surface area contributed by atoms with Crippen LogP contribution in [0, 0.1) is 5.82 Å². The summed E-state index contributed by atoms with van der Waals surface area (Å²) in [5.74, 6) is 0.645. The van der Waals surface area contributed by atoms with E-state index >= 15 is 0 Å². The van der Waals surface area contributed by atoms with Gasteiger partial charge in [0.25, 0.3) is 0 Å². The predicted molar refractivity (Wildman–Crippen MR) is 117 cm³/mol. The van der Waals surface area contributed by atoms with E-state index in [2.05, 4.69) is 25.2 Å². The Balaban J connectivity index is 1.45. The van der Waals surface area contributed by atoms with Gasteiger partial charge in [-0.2, -0.15) is 0 Å². The molecule has 0 spiro atoms. The van der Waals surface area contributed by atoms with Crippen LogP contribution in [-0.4, -0.2) is 31.2 Å². The van der Waals surface area contributed by atoms with Gasteiger partial charge in [0.2, 0.25) is 0 Å². The number of hydrogen-bond donors (Lipinski definition) is 3. The molecule has 1 unspecified atom stereocenters. The number of halogens is 1. The average molecular weight is 416 g/mol. The number of thiazole rings is 1. The molecule has 0 radical (unpaired) electrons. The maximum Gasteiger partial charge on any atom is 0.147 e. The van der Waals surface area contributed by atoms with Gasteiger partial charge in [0.15, 0.2) is 0 Å². The molecule has 4 rings (SSSR count). The van der Waals surface area contributed by atoms with Gasteiger partial charge in [-0.15, -0.1) is 11.3 Å². The van der Waals surface area contributed by atoms with Gasteiger partial charge < -0.3 is 20.3 Å². The summed E-state index contributed by atoms with van der Waals surface area (Å²) >= 11 is 3.08. The minimum Gasteiger partial charge on any atom is -0.368 e. The van der Waals surface area contributed by atoms with Gasteiger partial charge in [0, 0.05) is 35.1 Å². The van der Waals surface area contributed by atoms with Crippen molar-refractivity contribution >= 4 is 46.2 Å². The summed E-state index contributed by atoms with van der Waals surface area (Å²) in [7, 11) is 1.97. The molecule has 3 N–H and O–H groups in total. The maximum absolute atomic E-state index is 13.9. The Morgan fingerprint density at radius 3 is 2.79 bits per heavy atom. The molecule has 146 valence electrons. The number of anilines is 4. The summed E-state index contributed by atoms with van der Waals surface area (Å²) in [5.41, 5.74) is 4.59. The van der Waals surface area contributed by atoms with E-state index < -0.39 is 0 Å². The minimum absolute atomic E-state index is 0.215. The van der Waals surface area contributed by atoms with E-state index in [0.29, 0.717) is 6.04 Å². The van der Waals surface area contributed by atoms with Crippen LogP contribution in [0.2, 0.25) is 0 Å². The van der Waals surface area contributed by atoms with Crippen LogP contribution < -0.4 is 20.3 Å². The minimum atomic E-state index is -0.215. The fourth-order valence-corrected chi connectivity index (χ4v) is 4.39. The largest absolute Gasteiger partial charge is 0.368 e. The molecule has 5 nitrogen and oxygen atoms in total. The summed E-state index contributed by atoms with van der Waals surface area (Å²) in [4.78, 5) is 7.53. The van der Waals surface area contributed by atoms with E-state index in [9.17, 15) is 4.39 Å². The smallest absolute Gasteiger partial charge is 0.147 e. The molecule has 0 saturated carbocycles. The molecule has 0 bridgehead atoms. The second-order valence-electron chi connectivity index (χ2n) is 6.61. The molecule has 1 aromatic heterocycles. The number of likely N-dealkylation sites (N-methyl/N-ethyl adjacent to an activating group) is 1. The van der Waals surface area contributed by atoms with Gasteiger partial charge in [-0.25, -0.2) is 9.37 Å². The Morgan fingerprint density at radius 1 is 1.21 bits per heavy atom. The lowest BCUT2D eigenvalue weighted by atomic mass is 10.2. The molecule has 1 saturated heterocycles. The zero-order chi connectivity index (χ0) is 19.3. The van der Waals surface area contributed by atoms with E-state index in [-0.39, 0.29) is 5.82 Å². The number of aromatic nitrogens is 1. The van der Waals surface area contributed by atoms with Gasteiger partial charge in [0.05, 0.1) is 16.9 Å². The van der Waals surface area contributed by atoms with Crippen LogP contribution in [0.15, 0.2) is 58.3 Å². The summed E-state index contributed by atoms with van der Waals surface area (Å²) in [6, 6.07) is 13.5. The molecule has 28 heavy (non-hydrogen) atoms. The number of nitrogens with one attached hydrogen (secondary N) is 3. The molecule has 2 heterocycles. The van der Waals surface area contributed by atoms with Crippen LogP contribution in [0.3, 0.4) is 0 Å². The van der Waals surface area contributed by atoms with Gasteiger partial charge in [-0.3, -0.25) is 0 Å². The summed E-state index contributed by atoms with van der Waals surface area (Å²) in [6.07, 6.45) is 1.06. The number of hydrogen-bond acceptors (Lipinski definition) is 7. The van der Waals surface area contributed by atoms with Crippen LogP contribution >= 0.6 is 23.3 Å². The molecule has 0 aliphatic carbocycles. The predicted octanol–water partition coefficient (Wildman–Crippen LogP) is 4.94. The highest BCUT2D eigenvalue weighted by Gasteiger charge is 2.23. The molecule has 2 aromatic carbocycles. The fourth-order valence-electron chi connectivity index (χ4n) is 3.22. The van der Waals surface area contributed by atoms with E-state index in [4.69, 9.17) is 0 Å². The lowest BCUT2D eigenvalue weighted by Gasteiger charge is -2.23. The number of rotatable bonds is 7. The molecule has 3 aromatic rings. The normalized spacial score (nSPS) is 16.4. The van der Waals surface area contributed by atoms with Gasteiger partial charge >= 0.3 is 0 Å². The number of nitrogens with zero attached hydrogens (tertiary/aromatic N) is 2. The van der Waals surface area contributed by atoms with Crippen molar-refractivity contribution in [2.24, 2.45) is 0 Å². The summed E-state index contributed by atoms with van der Waals surface area (Å²) in [6.45, 7) is 1.80. The first kappa shape index (κ1) is 19.0. The van der Waals surface area contributed by atoms with Crippen LogP contribution in [0.5, 0.6) is 0 Å². The average Bonchev–Trinajstić information content (AvgIpc) is 3.40. The topological polar surface area (TPSA) is 52.2 Å². The van der Waals surface area contributed by atoms with Gasteiger partial charge in [0.1, 0.15) is 11.6 Å². The third kappa shape index (κ3) is 4.57. The first-order chi connectivity index (χ1) is 13.7. The highest BCUT2D eigenvalue weighted by atomic mass is 32.2. The molecule has 1 atom stereocenters. The van der Waals surface area contributed by atoms with Crippen LogP contribution in [-0.2, 0) is 0 Å². The van der Waals surface area contributed by atoms with Crippen molar-refractivity contribution in [2.45, 2.75) is 17.4 Å². The lowest BCUT2D eigenvalue weighted by Crippen LogP contribution is -2.29. The maximum atomic E-state index is 13.9. The molecule has 0 amide bonds. The molecule has 1 fully saturated rings. The van der Waals surface area contributed by atoms with Crippen molar-refractivity contribution in [3.63, 3.8) is 0 Å². The molecule has 1 aliphatic heterocycles. The first-order valence-corrected chi connectivity index (χ1v) is 10.9. The van der Waals surface area contributed by atoms with Crippen molar-refractivity contribution in [3.8, 4) is 0 Å². The molecule has 1 aliphatic rings. The third-order valence-corrected chi connectivity index (χ3v) is 6.14. The Bertz CT molecular complexity index is 901. The van der Waals surface area contributed by atoms with Crippen LogP contribution in [0.4, 0.5) is 27.3 Å². The number of benzene rings is 2. The second-order valence-corrected chi connectivity index (χ2v) is 8.21. The Hall–Kier alpha value is -2.29. The Morgan fingerprint density at radius 2 is 2.07 bits per heavy atom. The van der Waals surface area contributed by atoms with Crippen molar-refractivity contribution < 1.29 is 4.39 Å². The van der Waals surface area contributed by atoms with Crippen molar-refractivity contribution in [1.29, 1.82) is 0 Å². The van der Waals surface area contributed by atoms with Crippen LogP contribution in [0.25, 0.3) is 0 Å². The van der Waals surface area contributed by atoms with Gasteiger partial charge in [-0.1, -0.05) is 0 Å². The van der Waals surface area contributed by atoms with E-state index in [1.165, 1.54) is 18.0 Å². The molecule has 8 heteroatoms. The Labute approximate surface area is 172 Å². The quantitative estimate of drug-likeness (QED) is 0.475. The summed E-state index contributed by atoms with van der Waals surface area (Å²) in [5, 5.41) is 8.71. The lowest BCUT2D eigenvalue weighted by molar-refractivity contribution is 0.615. The fraction of sp³-hybridized carbons (Fsp3) is 0.250. The van der Waals surface area contributed by atoms with Crippen molar-refractivity contribution in [2.75, 3.05) is 35.1 Å². The first-order valence-electron chi connectivity index (χ1n) is 9.11. The highest BCUT2D eigenvalue weighted by Crippen LogP contribution is 2.32.